The molecule has 34 heavy (non-hydrogen) atoms. The van der Waals surface area contributed by atoms with Crippen LogP contribution in [0.1, 0.15) is 72.3 Å². The van der Waals surface area contributed by atoms with Gasteiger partial charge < -0.3 is 19.7 Å². The lowest BCUT2D eigenvalue weighted by Crippen LogP contribution is -2.56. The number of alkyl carbamates (subject to hydrolysis) is 1. The molecule has 1 aromatic carbocycles. The minimum Gasteiger partial charge on any atom is -0.445 e. The monoisotopic (exact) mass is 473 g/mol. The van der Waals surface area contributed by atoms with Crippen molar-refractivity contribution in [1.29, 1.82) is 0 Å². The Hall–Kier alpha value is -2.28. The Balaban J connectivity index is 1.37. The van der Waals surface area contributed by atoms with Crippen LogP contribution in [0, 0.1) is 5.92 Å². The van der Waals surface area contributed by atoms with Crippen molar-refractivity contribution in [1.82, 2.24) is 15.1 Å². The van der Waals surface area contributed by atoms with E-state index in [4.69, 9.17) is 9.47 Å². The maximum absolute atomic E-state index is 12.5. The molecule has 2 aliphatic rings. The van der Waals surface area contributed by atoms with Crippen LogP contribution in [0.3, 0.4) is 0 Å². The van der Waals surface area contributed by atoms with Gasteiger partial charge in [-0.1, -0.05) is 30.3 Å². The Morgan fingerprint density at radius 1 is 0.941 bits per heavy atom. The summed E-state index contributed by atoms with van der Waals surface area (Å²) in [6.07, 6.45) is 4.84. The molecule has 0 spiro atoms. The number of amides is 2. The second-order valence-electron chi connectivity index (χ2n) is 11.4. The second-order valence-corrected chi connectivity index (χ2v) is 11.4. The first-order valence-corrected chi connectivity index (χ1v) is 12.7. The van der Waals surface area contributed by atoms with E-state index in [1.165, 1.54) is 0 Å². The van der Waals surface area contributed by atoms with Crippen molar-refractivity contribution in [3.8, 4) is 0 Å². The van der Waals surface area contributed by atoms with E-state index < -0.39 is 5.60 Å². The smallest absolute Gasteiger partial charge is 0.410 e. The van der Waals surface area contributed by atoms with Gasteiger partial charge in [0.1, 0.15) is 12.2 Å². The third-order valence-electron chi connectivity index (χ3n) is 6.95. The first-order chi connectivity index (χ1) is 16.0. The van der Waals surface area contributed by atoms with Crippen LogP contribution in [0.25, 0.3) is 0 Å². The second kappa shape index (κ2) is 11.4. The van der Waals surface area contributed by atoms with Crippen LogP contribution in [0.4, 0.5) is 9.59 Å². The lowest BCUT2D eigenvalue weighted by atomic mass is 9.78. The molecule has 1 saturated heterocycles. The van der Waals surface area contributed by atoms with Crippen LogP contribution in [-0.4, -0.2) is 65.3 Å². The number of carbonyl (C=O) groups excluding carboxylic acids is 2. The predicted octanol–water partition coefficient (Wildman–Crippen LogP) is 5.19. The molecule has 0 atom stereocenters. The van der Waals surface area contributed by atoms with Crippen molar-refractivity contribution in [2.24, 2.45) is 5.92 Å². The number of carbonyl (C=O) groups is 2. The summed E-state index contributed by atoms with van der Waals surface area (Å²) >= 11 is 0. The van der Waals surface area contributed by atoms with Gasteiger partial charge in [-0.2, -0.15) is 0 Å². The van der Waals surface area contributed by atoms with Crippen LogP contribution in [0.2, 0.25) is 0 Å². The molecule has 0 radical (unpaired) electrons. The third kappa shape index (κ3) is 8.19. The molecule has 1 heterocycles. The summed E-state index contributed by atoms with van der Waals surface area (Å²) in [5.41, 5.74) is 0.621. The van der Waals surface area contributed by atoms with Gasteiger partial charge in [-0.3, -0.25) is 4.90 Å². The number of piperazine rings is 1. The van der Waals surface area contributed by atoms with Crippen molar-refractivity contribution in [3.05, 3.63) is 35.9 Å². The molecule has 1 N–H and O–H groups in total. The zero-order valence-corrected chi connectivity index (χ0v) is 21.6. The van der Waals surface area contributed by atoms with Gasteiger partial charge in [0, 0.05) is 37.8 Å². The number of hydrogen-bond donors (Lipinski definition) is 1. The van der Waals surface area contributed by atoms with E-state index in [9.17, 15) is 9.59 Å². The van der Waals surface area contributed by atoms with E-state index in [2.05, 4.69) is 24.1 Å². The topological polar surface area (TPSA) is 71.1 Å². The van der Waals surface area contributed by atoms with Crippen molar-refractivity contribution in [2.45, 2.75) is 90.5 Å². The average molecular weight is 474 g/mol. The normalized spacial score (nSPS) is 22.2. The van der Waals surface area contributed by atoms with E-state index in [0.717, 1.165) is 50.8 Å². The van der Waals surface area contributed by atoms with Crippen LogP contribution >= 0.6 is 0 Å². The molecule has 0 aromatic heterocycles. The summed E-state index contributed by atoms with van der Waals surface area (Å²) < 4.78 is 10.9. The highest BCUT2D eigenvalue weighted by atomic mass is 16.6. The third-order valence-corrected chi connectivity index (χ3v) is 6.95. The molecular formula is C27H43N3O4. The fourth-order valence-electron chi connectivity index (χ4n) is 5.13. The molecule has 190 valence electrons. The lowest BCUT2D eigenvalue weighted by molar-refractivity contribution is 0.0236. The maximum Gasteiger partial charge on any atom is 0.410 e. The molecule has 1 aliphatic carbocycles. The first-order valence-electron chi connectivity index (χ1n) is 12.7. The molecule has 1 aromatic rings. The van der Waals surface area contributed by atoms with E-state index >= 15 is 0 Å². The van der Waals surface area contributed by atoms with E-state index in [0.29, 0.717) is 25.6 Å². The van der Waals surface area contributed by atoms with Crippen LogP contribution in [0.5, 0.6) is 0 Å². The average Bonchev–Trinajstić information content (AvgIpc) is 2.78. The van der Waals surface area contributed by atoms with Crippen molar-refractivity contribution in [2.75, 3.05) is 26.2 Å². The number of hydrogen-bond acceptors (Lipinski definition) is 5. The van der Waals surface area contributed by atoms with Gasteiger partial charge in [-0.05, 0) is 78.2 Å². The molecule has 3 rings (SSSR count). The largest absolute Gasteiger partial charge is 0.445 e. The highest BCUT2D eigenvalue weighted by Crippen LogP contribution is 2.34. The summed E-state index contributed by atoms with van der Waals surface area (Å²) in [5.74, 6) is 0.653. The van der Waals surface area contributed by atoms with E-state index in [-0.39, 0.29) is 23.8 Å². The molecule has 1 saturated carbocycles. The van der Waals surface area contributed by atoms with Gasteiger partial charge in [-0.15, -0.1) is 0 Å². The molecule has 2 fully saturated rings. The molecule has 0 bridgehead atoms. The molecular weight excluding hydrogens is 430 g/mol. The summed E-state index contributed by atoms with van der Waals surface area (Å²) in [4.78, 5) is 28.9. The number of nitrogens with zero attached hydrogens (tertiary/aromatic N) is 2. The van der Waals surface area contributed by atoms with E-state index in [1.54, 1.807) is 0 Å². The Kier molecular flexibility index (Phi) is 8.85. The van der Waals surface area contributed by atoms with Gasteiger partial charge in [-0.25, -0.2) is 9.59 Å². The molecule has 1 aliphatic heterocycles. The molecule has 7 nitrogen and oxygen atoms in total. The van der Waals surface area contributed by atoms with E-state index in [1.807, 2.05) is 56.0 Å². The Bertz CT molecular complexity index is 790. The highest BCUT2D eigenvalue weighted by Gasteiger charge is 2.35. The number of nitrogens with one attached hydrogen (secondary N) is 1. The fraction of sp³-hybridized carbons (Fsp3) is 0.704. The van der Waals surface area contributed by atoms with Crippen molar-refractivity contribution in [3.63, 3.8) is 0 Å². The zero-order valence-electron chi connectivity index (χ0n) is 21.6. The van der Waals surface area contributed by atoms with Crippen LogP contribution in [0.15, 0.2) is 30.3 Å². The standard InChI is InChI=1S/C27H43N3O4/c1-26(2,3)34-24(31)28-23-13-11-21(12-14-23)19-27(4,5)30-17-15-29(16-18-30)25(32)33-20-22-9-7-6-8-10-22/h6-10,21,23H,11-20H2,1-5H3,(H,28,31). The number of benzene rings is 1. The Morgan fingerprint density at radius 3 is 2.15 bits per heavy atom. The van der Waals surface area contributed by atoms with Crippen molar-refractivity contribution < 1.29 is 19.1 Å². The van der Waals surface area contributed by atoms with Gasteiger partial charge in [0.2, 0.25) is 0 Å². The summed E-state index contributed by atoms with van der Waals surface area (Å²) in [7, 11) is 0. The zero-order chi connectivity index (χ0) is 24.8. The Morgan fingerprint density at radius 2 is 1.56 bits per heavy atom. The quantitative estimate of drug-likeness (QED) is 0.615. The SMILES string of the molecule is CC(C)(C)OC(=O)NC1CCC(CC(C)(C)N2CCN(C(=O)OCc3ccccc3)CC2)CC1. The number of rotatable bonds is 6. The van der Waals surface area contributed by atoms with Crippen LogP contribution < -0.4 is 5.32 Å². The number of ether oxygens (including phenoxy) is 2. The van der Waals surface area contributed by atoms with Gasteiger partial charge in [0.15, 0.2) is 0 Å². The maximum atomic E-state index is 12.5. The summed E-state index contributed by atoms with van der Waals surface area (Å²) in [6, 6.07) is 10.0. The van der Waals surface area contributed by atoms with Gasteiger partial charge in [0.05, 0.1) is 0 Å². The first kappa shape index (κ1) is 26.3. The van der Waals surface area contributed by atoms with Gasteiger partial charge >= 0.3 is 12.2 Å². The summed E-state index contributed by atoms with van der Waals surface area (Å²) in [6.45, 7) is 13.7. The summed E-state index contributed by atoms with van der Waals surface area (Å²) in [5, 5.41) is 3.04. The molecule has 2 amide bonds. The minimum absolute atomic E-state index is 0.0795. The minimum atomic E-state index is -0.464. The van der Waals surface area contributed by atoms with Gasteiger partial charge in [0.25, 0.3) is 0 Å². The van der Waals surface area contributed by atoms with Crippen molar-refractivity contribution >= 4 is 12.2 Å². The lowest BCUT2D eigenvalue weighted by Gasteiger charge is -2.46. The molecule has 7 heteroatoms. The van der Waals surface area contributed by atoms with Crippen LogP contribution in [-0.2, 0) is 16.1 Å². The molecule has 0 unspecified atom stereocenters. The Labute approximate surface area is 205 Å². The fourth-order valence-corrected chi connectivity index (χ4v) is 5.13. The highest BCUT2D eigenvalue weighted by molar-refractivity contribution is 5.68. The predicted molar refractivity (Wildman–Crippen MR) is 134 cm³/mol.